The molecular weight excluding hydrogens is 200 g/mol. The molecule has 0 amide bonds. The Kier molecular flexibility index (Phi) is 2.95. The third kappa shape index (κ3) is 1.81. The molecule has 0 bridgehead atoms. The van der Waals surface area contributed by atoms with Gasteiger partial charge in [-0.2, -0.15) is 0 Å². The van der Waals surface area contributed by atoms with Crippen LogP contribution >= 0.6 is 0 Å². The average Bonchev–Trinajstić information content (AvgIpc) is 2.70. The fourth-order valence-electron chi connectivity index (χ4n) is 1.80. The zero-order chi connectivity index (χ0) is 11.5. The lowest BCUT2D eigenvalue weighted by molar-refractivity contribution is 0.428. The van der Waals surface area contributed by atoms with Crippen LogP contribution in [-0.4, -0.2) is 5.16 Å². The van der Waals surface area contributed by atoms with Gasteiger partial charge in [0, 0.05) is 0 Å². The van der Waals surface area contributed by atoms with Gasteiger partial charge >= 0.3 is 0 Å². The first kappa shape index (κ1) is 10.7. The maximum atomic E-state index is 5.79. The predicted octanol–water partition coefficient (Wildman–Crippen LogP) is 3.05. The molecule has 0 saturated heterocycles. The number of anilines is 1. The molecule has 84 valence electrons. The lowest BCUT2D eigenvalue weighted by Gasteiger charge is -2.02. The monoisotopic (exact) mass is 216 g/mol. The van der Waals surface area contributed by atoms with E-state index in [1.54, 1.807) is 0 Å². The number of nitrogen functional groups attached to an aromatic ring is 1. The molecule has 3 nitrogen and oxygen atoms in total. The standard InChI is InChI=1S/C13H16N2O/c1-3-9-5-7-10(8-6-9)12-11(4-2)15-16-13(12)14/h5-8H,3-4,14H2,1-2H3. The molecule has 1 heterocycles. The second-order valence-electron chi connectivity index (χ2n) is 3.77. The normalized spacial score (nSPS) is 10.6. The highest BCUT2D eigenvalue weighted by Crippen LogP contribution is 2.30. The van der Waals surface area contributed by atoms with Gasteiger partial charge < -0.3 is 10.3 Å². The summed E-state index contributed by atoms with van der Waals surface area (Å²) in [6.45, 7) is 4.18. The summed E-state index contributed by atoms with van der Waals surface area (Å²) in [6.07, 6.45) is 1.87. The van der Waals surface area contributed by atoms with E-state index in [1.807, 2.05) is 6.92 Å². The van der Waals surface area contributed by atoms with Crippen LogP contribution in [0.5, 0.6) is 0 Å². The average molecular weight is 216 g/mol. The fourth-order valence-corrected chi connectivity index (χ4v) is 1.80. The maximum Gasteiger partial charge on any atom is 0.230 e. The third-order valence-electron chi connectivity index (χ3n) is 2.77. The van der Waals surface area contributed by atoms with Gasteiger partial charge in [-0.05, 0) is 24.0 Å². The molecule has 0 atom stereocenters. The number of hydrogen-bond acceptors (Lipinski definition) is 3. The van der Waals surface area contributed by atoms with Gasteiger partial charge in [0.05, 0.1) is 11.3 Å². The highest BCUT2D eigenvalue weighted by atomic mass is 16.5. The molecule has 0 aliphatic carbocycles. The minimum absolute atomic E-state index is 0.404. The maximum absolute atomic E-state index is 5.79. The summed E-state index contributed by atoms with van der Waals surface area (Å²) in [7, 11) is 0. The largest absolute Gasteiger partial charge is 0.367 e. The van der Waals surface area contributed by atoms with Gasteiger partial charge in [0.2, 0.25) is 5.88 Å². The predicted molar refractivity (Wildman–Crippen MR) is 65.1 cm³/mol. The van der Waals surface area contributed by atoms with Crippen LogP contribution in [0.3, 0.4) is 0 Å². The molecule has 0 spiro atoms. The highest BCUT2D eigenvalue weighted by Gasteiger charge is 2.13. The molecule has 0 unspecified atom stereocenters. The molecule has 2 aromatic rings. The van der Waals surface area contributed by atoms with E-state index in [2.05, 4.69) is 36.3 Å². The number of nitrogens with two attached hydrogens (primary N) is 1. The van der Waals surface area contributed by atoms with Gasteiger partial charge in [-0.3, -0.25) is 0 Å². The van der Waals surface area contributed by atoms with E-state index in [0.717, 1.165) is 29.7 Å². The van der Waals surface area contributed by atoms with Crippen molar-refractivity contribution in [3.63, 3.8) is 0 Å². The molecule has 0 aliphatic heterocycles. The number of rotatable bonds is 3. The van der Waals surface area contributed by atoms with Gasteiger partial charge in [-0.25, -0.2) is 0 Å². The highest BCUT2D eigenvalue weighted by molar-refractivity contribution is 5.75. The summed E-state index contributed by atoms with van der Waals surface area (Å²) in [4.78, 5) is 0. The van der Waals surface area contributed by atoms with Gasteiger partial charge in [0.25, 0.3) is 0 Å². The van der Waals surface area contributed by atoms with E-state index < -0.39 is 0 Å². The van der Waals surface area contributed by atoms with E-state index in [4.69, 9.17) is 10.3 Å². The van der Waals surface area contributed by atoms with Crippen molar-refractivity contribution in [2.45, 2.75) is 26.7 Å². The van der Waals surface area contributed by atoms with Crippen molar-refractivity contribution >= 4 is 5.88 Å². The van der Waals surface area contributed by atoms with E-state index in [1.165, 1.54) is 5.56 Å². The molecule has 0 aliphatic rings. The number of nitrogens with zero attached hydrogens (tertiary/aromatic N) is 1. The minimum Gasteiger partial charge on any atom is -0.367 e. The van der Waals surface area contributed by atoms with Crippen molar-refractivity contribution in [3.8, 4) is 11.1 Å². The molecule has 2 rings (SSSR count). The van der Waals surface area contributed by atoms with Crippen LogP contribution in [-0.2, 0) is 12.8 Å². The van der Waals surface area contributed by atoms with Crippen molar-refractivity contribution in [3.05, 3.63) is 35.5 Å². The van der Waals surface area contributed by atoms with Gasteiger partial charge in [0.15, 0.2) is 0 Å². The van der Waals surface area contributed by atoms with Crippen molar-refractivity contribution in [2.75, 3.05) is 5.73 Å². The number of aromatic nitrogens is 1. The lowest BCUT2D eigenvalue weighted by Crippen LogP contribution is -1.89. The van der Waals surface area contributed by atoms with E-state index in [0.29, 0.717) is 5.88 Å². The van der Waals surface area contributed by atoms with Crippen LogP contribution in [0.4, 0.5) is 5.88 Å². The van der Waals surface area contributed by atoms with Crippen LogP contribution in [0.2, 0.25) is 0 Å². The Labute approximate surface area is 95.3 Å². The van der Waals surface area contributed by atoms with E-state index >= 15 is 0 Å². The summed E-state index contributed by atoms with van der Waals surface area (Å²) < 4.78 is 5.03. The SMILES string of the molecule is CCc1ccc(-c2c(CC)noc2N)cc1. The topological polar surface area (TPSA) is 52.0 Å². The summed E-state index contributed by atoms with van der Waals surface area (Å²) in [5.74, 6) is 0.404. The molecule has 0 radical (unpaired) electrons. The van der Waals surface area contributed by atoms with Gasteiger partial charge in [-0.15, -0.1) is 0 Å². The molecule has 1 aromatic heterocycles. The summed E-state index contributed by atoms with van der Waals surface area (Å²) in [5.41, 5.74) is 10.0. The number of aryl methyl sites for hydroxylation is 2. The van der Waals surface area contributed by atoms with Crippen molar-refractivity contribution in [1.29, 1.82) is 0 Å². The van der Waals surface area contributed by atoms with Crippen LogP contribution in [0.1, 0.15) is 25.1 Å². The quantitative estimate of drug-likeness (QED) is 0.857. The first-order valence-corrected chi connectivity index (χ1v) is 5.59. The summed E-state index contributed by atoms with van der Waals surface area (Å²) in [6, 6.07) is 8.37. The van der Waals surface area contributed by atoms with Crippen molar-refractivity contribution < 1.29 is 4.52 Å². The van der Waals surface area contributed by atoms with Crippen molar-refractivity contribution in [1.82, 2.24) is 5.16 Å². The van der Waals surface area contributed by atoms with E-state index in [9.17, 15) is 0 Å². The molecule has 16 heavy (non-hydrogen) atoms. The summed E-state index contributed by atoms with van der Waals surface area (Å²) in [5, 5.41) is 3.95. The Hall–Kier alpha value is -1.77. The zero-order valence-electron chi connectivity index (χ0n) is 9.66. The Morgan fingerprint density at radius 2 is 1.81 bits per heavy atom. The second-order valence-corrected chi connectivity index (χ2v) is 3.77. The van der Waals surface area contributed by atoms with Crippen LogP contribution < -0.4 is 5.73 Å². The minimum atomic E-state index is 0.404. The molecule has 0 saturated carbocycles. The second kappa shape index (κ2) is 4.39. The van der Waals surface area contributed by atoms with Crippen LogP contribution in [0, 0.1) is 0 Å². The Bertz CT molecular complexity index is 471. The Morgan fingerprint density at radius 1 is 1.12 bits per heavy atom. The molecule has 3 heteroatoms. The van der Waals surface area contributed by atoms with Crippen LogP contribution in [0.15, 0.2) is 28.8 Å². The first-order chi connectivity index (χ1) is 7.76. The third-order valence-corrected chi connectivity index (χ3v) is 2.77. The number of hydrogen-bond donors (Lipinski definition) is 1. The number of benzene rings is 1. The first-order valence-electron chi connectivity index (χ1n) is 5.59. The Morgan fingerprint density at radius 3 is 2.38 bits per heavy atom. The van der Waals surface area contributed by atoms with Gasteiger partial charge in [0.1, 0.15) is 0 Å². The van der Waals surface area contributed by atoms with Gasteiger partial charge in [-0.1, -0.05) is 43.3 Å². The van der Waals surface area contributed by atoms with Crippen LogP contribution in [0.25, 0.3) is 11.1 Å². The molecule has 2 N–H and O–H groups in total. The molecule has 1 aromatic carbocycles. The lowest BCUT2D eigenvalue weighted by atomic mass is 10.0. The Balaban J connectivity index is 2.45. The van der Waals surface area contributed by atoms with E-state index in [-0.39, 0.29) is 0 Å². The molecular formula is C13H16N2O. The summed E-state index contributed by atoms with van der Waals surface area (Å²) >= 11 is 0. The fraction of sp³-hybridized carbons (Fsp3) is 0.308. The van der Waals surface area contributed by atoms with Crippen molar-refractivity contribution in [2.24, 2.45) is 0 Å². The molecule has 0 fully saturated rings. The zero-order valence-corrected chi connectivity index (χ0v) is 9.66. The smallest absolute Gasteiger partial charge is 0.230 e.